The summed E-state index contributed by atoms with van der Waals surface area (Å²) in [7, 11) is 1.59. The average molecular weight is 293 g/mol. The van der Waals surface area contributed by atoms with E-state index in [1.165, 1.54) is 12.8 Å². The van der Waals surface area contributed by atoms with Crippen LogP contribution in [0.5, 0.6) is 0 Å². The van der Waals surface area contributed by atoms with Crippen molar-refractivity contribution >= 4 is 5.91 Å². The number of piperidine rings is 1. The lowest BCUT2D eigenvalue weighted by atomic mass is 10.0. The number of amides is 1. The minimum Gasteiger partial charge on any atom is -0.377 e. The molecule has 1 aromatic rings. The summed E-state index contributed by atoms with van der Waals surface area (Å²) in [5.41, 5.74) is 0.393. The first kappa shape index (κ1) is 14.5. The van der Waals surface area contributed by atoms with Crippen molar-refractivity contribution in [2.75, 3.05) is 20.2 Å². The molecule has 2 fully saturated rings. The Kier molecular flexibility index (Phi) is 4.55. The molecule has 1 aliphatic heterocycles. The van der Waals surface area contributed by atoms with Gasteiger partial charge in [-0.15, -0.1) is 0 Å². The normalized spacial score (nSPS) is 22.2. The summed E-state index contributed by atoms with van der Waals surface area (Å²) in [6.45, 7) is 2.17. The van der Waals surface area contributed by atoms with Crippen LogP contribution in [0.1, 0.15) is 48.4 Å². The quantitative estimate of drug-likeness (QED) is 0.862. The molecule has 6 nitrogen and oxygen atoms in total. The Morgan fingerprint density at radius 1 is 1.48 bits per heavy atom. The molecule has 6 heteroatoms. The number of hydrogen-bond acceptors (Lipinski definition) is 5. The van der Waals surface area contributed by atoms with Crippen LogP contribution in [0.15, 0.2) is 10.6 Å². The summed E-state index contributed by atoms with van der Waals surface area (Å²) in [6.07, 6.45) is 5.82. The number of ether oxygens (including phenoxy) is 1. The minimum atomic E-state index is -0.0176. The van der Waals surface area contributed by atoms with Gasteiger partial charge in [-0.2, -0.15) is 0 Å². The zero-order valence-electron chi connectivity index (χ0n) is 12.5. The summed E-state index contributed by atoms with van der Waals surface area (Å²) in [6, 6.07) is 2.48. The van der Waals surface area contributed by atoms with Crippen molar-refractivity contribution in [3.05, 3.63) is 17.5 Å². The van der Waals surface area contributed by atoms with Crippen molar-refractivity contribution in [3.8, 4) is 0 Å². The van der Waals surface area contributed by atoms with Crippen molar-refractivity contribution in [3.63, 3.8) is 0 Å². The Balaban J connectivity index is 1.65. The van der Waals surface area contributed by atoms with Crippen molar-refractivity contribution in [2.24, 2.45) is 0 Å². The van der Waals surface area contributed by atoms with Gasteiger partial charge in [0.2, 0.25) is 0 Å². The molecule has 1 unspecified atom stereocenters. The van der Waals surface area contributed by atoms with Gasteiger partial charge in [-0.1, -0.05) is 11.6 Å². The second kappa shape index (κ2) is 6.58. The van der Waals surface area contributed by atoms with E-state index in [4.69, 9.17) is 9.26 Å². The molecular formula is C15H23N3O3. The van der Waals surface area contributed by atoms with Gasteiger partial charge in [0.15, 0.2) is 11.5 Å². The van der Waals surface area contributed by atoms with Crippen LogP contribution in [-0.2, 0) is 11.3 Å². The lowest BCUT2D eigenvalue weighted by Crippen LogP contribution is -2.46. The number of rotatable bonds is 6. The smallest absolute Gasteiger partial charge is 0.276 e. The molecule has 1 amide bonds. The van der Waals surface area contributed by atoms with Gasteiger partial charge in [0.1, 0.15) is 6.61 Å². The fourth-order valence-corrected chi connectivity index (χ4v) is 2.87. The van der Waals surface area contributed by atoms with Crippen molar-refractivity contribution in [2.45, 2.75) is 50.8 Å². The van der Waals surface area contributed by atoms with Gasteiger partial charge in [-0.25, -0.2) is 0 Å². The molecule has 1 aliphatic carbocycles. The monoisotopic (exact) mass is 293 g/mol. The number of nitrogens with one attached hydrogen (secondary N) is 1. The summed E-state index contributed by atoms with van der Waals surface area (Å²) >= 11 is 0. The third kappa shape index (κ3) is 3.63. The number of aromatic nitrogens is 1. The lowest BCUT2D eigenvalue weighted by Gasteiger charge is -2.30. The molecule has 1 saturated carbocycles. The van der Waals surface area contributed by atoms with E-state index in [1.54, 1.807) is 13.2 Å². The summed E-state index contributed by atoms with van der Waals surface area (Å²) < 4.78 is 10.1. The van der Waals surface area contributed by atoms with Crippen molar-refractivity contribution in [1.29, 1.82) is 0 Å². The molecule has 3 rings (SSSR count). The van der Waals surface area contributed by atoms with Crippen LogP contribution in [0.3, 0.4) is 0 Å². The van der Waals surface area contributed by atoms with Gasteiger partial charge in [-0.05, 0) is 32.2 Å². The molecule has 2 heterocycles. The molecule has 21 heavy (non-hydrogen) atoms. The van der Waals surface area contributed by atoms with E-state index in [-0.39, 0.29) is 5.91 Å². The van der Waals surface area contributed by atoms with Gasteiger partial charge >= 0.3 is 0 Å². The van der Waals surface area contributed by atoms with E-state index in [9.17, 15) is 4.79 Å². The summed E-state index contributed by atoms with van der Waals surface area (Å²) in [4.78, 5) is 14.6. The van der Waals surface area contributed by atoms with E-state index >= 15 is 0 Å². The van der Waals surface area contributed by atoms with Gasteiger partial charge < -0.3 is 19.5 Å². The zero-order chi connectivity index (χ0) is 14.7. The Labute approximate surface area is 124 Å². The van der Waals surface area contributed by atoms with Gasteiger partial charge in [0.25, 0.3) is 5.91 Å². The van der Waals surface area contributed by atoms with E-state index in [0.717, 1.165) is 32.4 Å². The number of nitrogens with zero attached hydrogens (tertiary/aromatic N) is 2. The fraction of sp³-hybridized carbons (Fsp3) is 0.733. The summed E-state index contributed by atoms with van der Waals surface area (Å²) in [5.74, 6) is 0.573. The molecule has 116 valence electrons. The average Bonchev–Trinajstić information content (AvgIpc) is 3.25. The molecule has 1 N–H and O–H groups in total. The molecule has 0 aromatic carbocycles. The maximum atomic E-state index is 12.7. The molecule has 2 aliphatic rings. The second-order valence-corrected chi connectivity index (χ2v) is 5.95. The highest BCUT2D eigenvalue weighted by atomic mass is 16.5. The van der Waals surface area contributed by atoms with E-state index in [0.29, 0.717) is 30.1 Å². The van der Waals surface area contributed by atoms with Crippen LogP contribution in [0.2, 0.25) is 0 Å². The van der Waals surface area contributed by atoms with Crippen LogP contribution < -0.4 is 5.32 Å². The lowest BCUT2D eigenvalue weighted by molar-refractivity contribution is 0.0707. The highest BCUT2D eigenvalue weighted by Gasteiger charge is 2.35. The molecule has 1 aromatic heterocycles. The third-order valence-corrected chi connectivity index (χ3v) is 4.14. The van der Waals surface area contributed by atoms with Crippen molar-refractivity contribution < 1.29 is 14.1 Å². The minimum absolute atomic E-state index is 0.0176. The first-order chi connectivity index (χ1) is 10.3. The van der Waals surface area contributed by atoms with E-state index in [1.807, 2.05) is 4.90 Å². The standard InChI is InChI=1S/C15H23N3O3/c1-20-10-13-8-14(17-21-13)15(19)18(12-5-6-12)9-11-4-2-3-7-16-11/h8,11-12,16H,2-7,9-10H2,1H3. The van der Waals surface area contributed by atoms with Gasteiger partial charge in [0, 0.05) is 31.8 Å². The molecule has 0 radical (unpaired) electrons. The first-order valence-corrected chi connectivity index (χ1v) is 7.77. The number of carbonyl (C=O) groups excluding carboxylic acids is 1. The Morgan fingerprint density at radius 3 is 3.00 bits per heavy atom. The largest absolute Gasteiger partial charge is 0.377 e. The van der Waals surface area contributed by atoms with Gasteiger partial charge in [-0.3, -0.25) is 4.79 Å². The van der Waals surface area contributed by atoms with E-state index < -0.39 is 0 Å². The fourth-order valence-electron chi connectivity index (χ4n) is 2.87. The highest BCUT2D eigenvalue weighted by Crippen LogP contribution is 2.29. The maximum absolute atomic E-state index is 12.7. The predicted octanol–water partition coefficient (Wildman–Crippen LogP) is 1.57. The SMILES string of the molecule is COCc1cc(C(=O)N(CC2CCCCN2)C2CC2)no1. The third-order valence-electron chi connectivity index (χ3n) is 4.14. The molecule has 1 atom stereocenters. The highest BCUT2D eigenvalue weighted by molar-refractivity contribution is 5.92. The molecule has 1 saturated heterocycles. The maximum Gasteiger partial charge on any atom is 0.276 e. The van der Waals surface area contributed by atoms with Crippen LogP contribution >= 0.6 is 0 Å². The van der Waals surface area contributed by atoms with Crippen LogP contribution in [0, 0.1) is 0 Å². The zero-order valence-corrected chi connectivity index (χ0v) is 12.5. The number of methoxy groups -OCH3 is 1. The van der Waals surface area contributed by atoms with Crippen LogP contribution in [-0.4, -0.2) is 48.2 Å². The predicted molar refractivity (Wildman–Crippen MR) is 76.9 cm³/mol. The Morgan fingerprint density at radius 2 is 2.33 bits per heavy atom. The summed E-state index contributed by atoms with van der Waals surface area (Å²) in [5, 5.41) is 7.40. The molecule has 0 bridgehead atoms. The molecular weight excluding hydrogens is 270 g/mol. The number of carbonyl (C=O) groups is 1. The van der Waals surface area contributed by atoms with Crippen LogP contribution in [0.4, 0.5) is 0 Å². The number of hydrogen-bond donors (Lipinski definition) is 1. The Hall–Kier alpha value is -1.40. The first-order valence-electron chi connectivity index (χ1n) is 7.77. The van der Waals surface area contributed by atoms with E-state index in [2.05, 4.69) is 10.5 Å². The topological polar surface area (TPSA) is 67.6 Å². The Bertz CT molecular complexity index is 478. The van der Waals surface area contributed by atoms with Crippen LogP contribution in [0.25, 0.3) is 0 Å². The van der Waals surface area contributed by atoms with Gasteiger partial charge in [0.05, 0.1) is 0 Å². The van der Waals surface area contributed by atoms with Crippen molar-refractivity contribution in [1.82, 2.24) is 15.4 Å². The second-order valence-electron chi connectivity index (χ2n) is 5.95. The molecule has 0 spiro atoms.